The number of carbonyl (C=O) groups is 2. The first-order valence-electron chi connectivity index (χ1n) is 13.4. The van der Waals surface area contributed by atoms with Gasteiger partial charge in [-0.15, -0.1) is 0 Å². The molecule has 0 aliphatic carbocycles. The van der Waals surface area contributed by atoms with Crippen molar-refractivity contribution in [2.75, 3.05) is 46.4 Å². The zero-order chi connectivity index (χ0) is 25.5. The van der Waals surface area contributed by atoms with Gasteiger partial charge in [-0.25, -0.2) is 0 Å². The molecule has 0 saturated carbocycles. The Labute approximate surface area is 216 Å². The Hall–Kier alpha value is -2.86. The fraction of sp³-hybridized carbons (Fsp3) is 0.533. The summed E-state index contributed by atoms with van der Waals surface area (Å²) >= 11 is 0. The Kier molecular flexibility index (Phi) is 8.68. The smallest absolute Gasteiger partial charge is 0.257 e. The minimum atomic E-state index is 0.00698. The van der Waals surface area contributed by atoms with E-state index in [-0.39, 0.29) is 17.2 Å². The predicted molar refractivity (Wildman–Crippen MR) is 143 cm³/mol. The Bertz CT molecular complexity index is 1030. The topological polar surface area (TPSA) is 53.1 Å². The molecule has 0 radical (unpaired) electrons. The molecule has 0 aromatic heterocycles. The molecule has 4 rings (SSSR count). The summed E-state index contributed by atoms with van der Waals surface area (Å²) in [6, 6.07) is 16.4. The number of para-hydroxylation sites is 1. The fourth-order valence-corrected chi connectivity index (χ4v) is 5.67. The normalized spacial score (nSPS) is 19.9. The lowest BCUT2D eigenvalue weighted by Crippen LogP contribution is -2.48. The van der Waals surface area contributed by atoms with Crippen LogP contribution < -0.4 is 4.74 Å². The van der Waals surface area contributed by atoms with Gasteiger partial charge in [-0.3, -0.25) is 14.5 Å². The van der Waals surface area contributed by atoms with E-state index >= 15 is 0 Å². The molecule has 0 bridgehead atoms. The molecule has 2 aromatic rings. The summed E-state index contributed by atoms with van der Waals surface area (Å²) in [7, 11) is 1.91. The van der Waals surface area contributed by atoms with E-state index in [0.717, 1.165) is 64.8 Å². The summed E-state index contributed by atoms with van der Waals surface area (Å²) in [4.78, 5) is 31.8. The van der Waals surface area contributed by atoms with E-state index in [1.807, 2.05) is 41.1 Å². The van der Waals surface area contributed by atoms with Gasteiger partial charge in [-0.2, -0.15) is 0 Å². The molecular formula is C30H41N3O3. The Morgan fingerprint density at radius 1 is 0.944 bits per heavy atom. The maximum absolute atomic E-state index is 13.5. The van der Waals surface area contributed by atoms with Gasteiger partial charge in [-0.1, -0.05) is 48.4 Å². The molecule has 0 unspecified atom stereocenters. The monoisotopic (exact) mass is 491 g/mol. The summed E-state index contributed by atoms with van der Waals surface area (Å²) in [6.45, 7) is 9.30. The number of amides is 2. The Balaban J connectivity index is 1.54. The van der Waals surface area contributed by atoms with Crippen LogP contribution >= 0.6 is 0 Å². The van der Waals surface area contributed by atoms with Gasteiger partial charge in [-0.05, 0) is 62.3 Å². The highest BCUT2D eigenvalue weighted by Crippen LogP contribution is 2.38. The lowest BCUT2D eigenvalue weighted by atomic mass is 9.74. The predicted octanol–water partition coefficient (Wildman–Crippen LogP) is 4.76. The lowest BCUT2D eigenvalue weighted by Gasteiger charge is -2.44. The number of hydrogen-bond acceptors (Lipinski definition) is 4. The average molecular weight is 492 g/mol. The third-order valence-corrected chi connectivity index (χ3v) is 7.93. The minimum absolute atomic E-state index is 0.00698. The van der Waals surface area contributed by atoms with Crippen molar-refractivity contribution in [2.45, 2.75) is 52.5 Å². The van der Waals surface area contributed by atoms with E-state index in [0.29, 0.717) is 24.5 Å². The van der Waals surface area contributed by atoms with Crippen molar-refractivity contribution in [1.82, 2.24) is 14.7 Å². The van der Waals surface area contributed by atoms with E-state index in [1.165, 1.54) is 11.1 Å². The molecule has 2 aliphatic rings. The molecule has 0 N–H and O–H groups in total. The van der Waals surface area contributed by atoms with E-state index in [1.54, 1.807) is 6.92 Å². The summed E-state index contributed by atoms with van der Waals surface area (Å²) in [5.41, 5.74) is 3.25. The summed E-state index contributed by atoms with van der Waals surface area (Å²) < 4.78 is 6.18. The first-order valence-corrected chi connectivity index (χ1v) is 13.4. The number of likely N-dealkylation sites (tertiary alicyclic amines) is 1. The van der Waals surface area contributed by atoms with Crippen molar-refractivity contribution in [3.8, 4) is 5.75 Å². The molecule has 2 amide bonds. The number of benzene rings is 2. The summed E-state index contributed by atoms with van der Waals surface area (Å²) in [5, 5.41) is 0. The number of ether oxygens (including phenoxy) is 1. The van der Waals surface area contributed by atoms with Crippen molar-refractivity contribution in [2.24, 2.45) is 5.41 Å². The van der Waals surface area contributed by atoms with E-state index in [2.05, 4.69) is 36.1 Å². The van der Waals surface area contributed by atoms with Gasteiger partial charge in [0.1, 0.15) is 12.4 Å². The van der Waals surface area contributed by atoms with Gasteiger partial charge < -0.3 is 14.5 Å². The summed E-state index contributed by atoms with van der Waals surface area (Å²) in [5.74, 6) is 0.808. The Morgan fingerprint density at radius 2 is 1.67 bits per heavy atom. The van der Waals surface area contributed by atoms with Crippen LogP contribution in [0.3, 0.4) is 0 Å². The van der Waals surface area contributed by atoms with Gasteiger partial charge in [0.15, 0.2) is 0 Å². The van der Waals surface area contributed by atoms with E-state index in [9.17, 15) is 9.59 Å². The average Bonchev–Trinajstić information content (AvgIpc) is 2.87. The number of nitrogens with zero attached hydrogens (tertiary/aromatic N) is 3. The third kappa shape index (κ3) is 6.67. The van der Waals surface area contributed by atoms with Crippen molar-refractivity contribution < 1.29 is 14.3 Å². The highest BCUT2D eigenvalue weighted by molar-refractivity contribution is 5.96. The summed E-state index contributed by atoms with van der Waals surface area (Å²) in [6.07, 6.45) is 5.18. The number of carbonyl (C=O) groups excluding carboxylic acids is 2. The molecule has 2 aliphatic heterocycles. The molecule has 1 spiro atoms. The molecule has 2 aromatic carbocycles. The van der Waals surface area contributed by atoms with Crippen LogP contribution in [0.2, 0.25) is 0 Å². The van der Waals surface area contributed by atoms with Crippen molar-refractivity contribution in [3.05, 3.63) is 65.2 Å². The van der Waals surface area contributed by atoms with Crippen LogP contribution in [0, 0.1) is 12.3 Å². The van der Waals surface area contributed by atoms with Crippen LogP contribution in [0.4, 0.5) is 0 Å². The fourth-order valence-electron chi connectivity index (χ4n) is 5.67. The maximum Gasteiger partial charge on any atom is 0.257 e. The number of piperidine rings is 1. The van der Waals surface area contributed by atoms with Crippen molar-refractivity contribution in [1.29, 1.82) is 0 Å². The first-order chi connectivity index (χ1) is 17.3. The van der Waals surface area contributed by atoms with Crippen LogP contribution in [-0.2, 0) is 11.3 Å². The molecule has 1 saturated heterocycles. The molecule has 6 nitrogen and oxygen atoms in total. The lowest BCUT2D eigenvalue weighted by molar-refractivity contribution is -0.131. The van der Waals surface area contributed by atoms with Crippen LogP contribution in [0.5, 0.6) is 5.75 Å². The number of aryl methyl sites for hydroxylation is 1. The van der Waals surface area contributed by atoms with Gasteiger partial charge in [0.05, 0.1) is 5.56 Å². The number of rotatable bonds is 2. The molecule has 2 heterocycles. The zero-order valence-electron chi connectivity index (χ0n) is 22.2. The second-order valence-corrected chi connectivity index (χ2v) is 10.7. The number of hydrogen-bond donors (Lipinski definition) is 0. The highest BCUT2D eigenvalue weighted by Gasteiger charge is 2.37. The van der Waals surface area contributed by atoms with Crippen LogP contribution in [0.25, 0.3) is 0 Å². The largest absolute Gasteiger partial charge is 0.491 e. The molecule has 194 valence electrons. The van der Waals surface area contributed by atoms with Crippen LogP contribution in [-0.4, -0.2) is 72.9 Å². The first kappa shape index (κ1) is 26.2. The van der Waals surface area contributed by atoms with Gasteiger partial charge in [0, 0.05) is 46.7 Å². The standard InChI is InChI=1S/C30H41N3O3/c1-24-10-12-26(13-11-24)22-32-17-7-6-14-30(15-18-33(19-16-30)25(2)34)23-31(3)29(35)27-8-4-5-9-28(27)36-21-20-32/h4-5,8-13H,6-7,14-23H2,1-3H3. The molecule has 36 heavy (non-hydrogen) atoms. The van der Waals surface area contributed by atoms with Crippen molar-refractivity contribution >= 4 is 11.8 Å². The highest BCUT2D eigenvalue weighted by atomic mass is 16.5. The SMILES string of the molecule is CC(=O)N1CCC2(CCCCN(Cc3ccc(C)cc3)CCOc3ccccc3C(=O)N(C)C2)CC1. The van der Waals surface area contributed by atoms with E-state index in [4.69, 9.17) is 4.74 Å². The van der Waals surface area contributed by atoms with Gasteiger partial charge >= 0.3 is 0 Å². The third-order valence-electron chi connectivity index (χ3n) is 7.93. The molecule has 0 atom stereocenters. The molecule has 1 fully saturated rings. The number of fused-ring (bicyclic) bond motifs is 1. The van der Waals surface area contributed by atoms with Crippen molar-refractivity contribution in [3.63, 3.8) is 0 Å². The second-order valence-electron chi connectivity index (χ2n) is 10.7. The molecule has 6 heteroatoms. The van der Waals surface area contributed by atoms with Gasteiger partial charge in [0.25, 0.3) is 5.91 Å². The Morgan fingerprint density at radius 3 is 2.39 bits per heavy atom. The quantitative estimate of drug-likeness (QED) is 0.608. The van der Waals surface area contributed by atoms with Crippen LogP contribution in [0.1, 0.15) is 60.5 Å². The molecular weight excluding hydrogens is 450 g/mol. The van der Waals surface area contributed by atoms with E-state index < -0.39 is 0 Å². The maximum atomic E-state index is 13.5. The van der Waals surface area contributed by atoms with Gasteiger partial charge in [0.2, 0.25) is 5.91 Å². The second kappa shape index (κ2) is 11.9. The minimum Gasteiger partial charge on any atom is -0.491 e. The van der Waals surface area contributed by atoms with Crippen LogP contribution in [0.15, 0.2) is 48.5 Å². The zero-order valence-corrected chi connectivity index (χ0v) is 22.2.